The molecule has 0 saturated carbocycles. The third kappa shape index (κ3) is 2.98. The van der Waals surface area contributed by atoms with Crippen LogP contribution in [-0.4, -0.2) is 19.6 Å². The molecular weight excluding hydrogens is 338 g/mol. The molecule has 0 bridgehead atoms. The lowest BCUT2D eigenvalue weighted by Crippen LogP contribution is -2.02. The summed E-state index contributed by atoms with van der Waals surface area (Å²) in [6.07, 6.45) is 5.37. The Hall–Kier alpha value is -4.11. The summed E-state index contributed by atoms with van der Waals surface area (Å²) in [5.41, 5.74) is 10.2. The molecule has 1 aromatic carbocycles. The quantitative estimate of drug-likeness (QED) is 0.584. The van der Waals surface area contributed by atoms with Gasteiger partial charge in [0.2, 0.25) is 0 Å². The molecule has 3 heterocycles. The molecule has 4 aromatic rings. The molecule has 130 valence electrons. The Kier molecular flexibility index (Phi) is 4.03. The molecular formula is C21H15N5O. The molecule has 3 aromatic heterocycles. The number of phenols is 1. The SMILES string of the molecule is N#Cc1c(-c2cccn2-c2cccnc2)cc(-c2ccc(O)cc2)nc1N. The Bertz CT molecular complexity index is 1140. The predicted octanol–water partition coefficient (Wildman–Crippen LogP) is 3.76. The molecule has 0 atom stereocenters. The predicted molar refractivity (Wildman–Crippen MR) is 103 cm³/mol. The van der Waals surface area contributed by atoms with Crippen LogP contribution in [-0.2, 0) is 0 Å². The maximum absolute atomic E-state index is 9.63. The van der Waals surface area contributed by atoms with Gasteiger partial charge in [0.15, 0.2) is 0 Å². The standard InChI is InChI=1S/C21H15N5O/c22-12-18-17(20-4-2-10-26(20)15-3-1-9-24-13-15)11-19(25-21(18)23)14-5-7-16(27)8-6-14/h1-11,13,27H,(H2,23,25). The topological polar surface area (TPSA) is 101 Å². The van der Waals surface area contributed by atoms with E-state index in [9.17, 15) is 10.4 Å². The average Bonchev–Trinajstić information content (AvgIpc) is 3.18. The van der Waals surface area contributed by atoms with E-state index in [1.807, 2.05) is 41.1 Å². The van der Waals surface area contributed by atoms with E-state index in [4.69, 9.17) is 5.73 Å². The minimum absolute atomic E-state index is 0.164. The highest BCUT2D eigenvalue weighted by Crippen LogP contribution is 2.33. The molecule has 0 radical (unpaired) electrons. The first-order chi connectivity index (χ1) is 13.2. The number of hydrogen-bond donors (Lipinski definition) is 2. The summed E-state index contributed by atoms with van der Waals surface area (Å²) < 4.78 is 1.95. The van der Waals surface area contributed by atoms with Gasteiger partial charge < -0.3 is 15.4 Å². The molecule has 6 heteroatoms. The van der Waals surface area contributed by atoms with Crippen LogP contribution in [0.25, 0.3) is 28.2 Å². The summed E-state index contributed by atoms with van der Waals surface area (Å²) in [5.74, 6) is 0.336. The fraction of sp³-hybridized carbons (Fsp3) is 0. The van der Waals surface area contributed by atoms with E-state index in [1.54, 1.807) is 36.7 Å². The van der Waals surface area contributed by atoms with E-state index in [2.05, 4.69) is 16.0 Å². The van der Waals surface area contributed by atoms with Gasteiger partial charge in [-0.1, -0.05) is 0 Å². The van der Waals surface area contributed by atoms with Gasteiger partial charge in [0.25, 0.3) is 0 Å². The average molecular weight is 353 g/mol. The number of nitrogens with zero attached hydrogens (tertiary/aromatic N) is 4. The Morgan fingerprint density at radius 2 is 1.89 bits per heavy atom. The number of rotatable bonds is 3. The van der Waals surface area contributed by atoms with E-state index in [-0.39, 0.29) is 11.6 Å². The summed E-state index contributed by atoms with van der Waals surface area (Å²) in [6, 6.07) is 18.3. The molecule has 0 fully saturated rings. The second-order valence-electron chi connectivity index (χ2n) is 5.95. The second kappa shape index (κ2) is 6.65. The van der Waals surface area contributed by atoms with Crippen LogP contribution in [0.5, 0.6) is 5.75 Å². The molecule has 0 aliphatic heterocycles. The molecule has 0 saturated heterocycles. The Morgan fingerprint density at radius 1 is 1.07 bits per heavy atom. The monoisotopic (exact) mass is 353 g/mol. The Morgan fingerprint density at radius 3 is 2.59 bits per heavy atom. The molecule has 0 unspecified atom stereocenters. The number of nitrogens with two attached hydrogens (primary N) is 1. The third-order valence-electron chi connectivity index (χ3n) is 4.27. The first-order valence-electron chi connectivity index (χ1n) is 8.25. The van der Waals surface area contributed by atoms with E-state index >= 15 is 0 Å². The lowest BCUT2D eigenvalue weighted by Gasteiger charge is -2.13. The maximum Gasteiger partial charge on any atom is 0.142 e. The molecule has 0 amide bonds. The van der Waals surface area contributed by atoms with Gasteiger partial charge in [-0.05, 0) is 54.6 Å². The normalized spacial score (nSPS) is 10.5. The molecule has 6 nitrogen and oxygen atoms in total. The van der Waals surface area contributed by atoms with Crippen molar-refractivity contribution in [2.24, 2.45) is 0 Å². The zero-order valence-electron chi connectivity index (χ0n) is 14.2. The van der Waals surface area contributed by atoms with Gasteiger partial charge in [-0.3, -0.25) is 4.98 Å². The minimum Gasteiger partial charge on any atom is -0.508 e. The van der Waals surface area contributed by atoms with Gasteiger partial charge >= 0.3 is 0 Å². The molecule has 4 rings (SSSR count). The van der Waals surface area contributed by atoms with E-state index < -0.39 is 0 Å². The number of aromatic nitrogens is 3. The maximum atomic E-state index is 9.63. The van der Waals surface area contributed by atoms with Crippen molar-refractivity contribution in [2.45, 2.75) is 0 Å². The molecule has 0 spiro atoms. The van der Waals surface area contributed by atoms with Crippen molar-refractivity contribution in [3.63, 3.8) is 0 Å². The molecule has 27 heavy (non-hydrogen) atoms. The lowest BCUT2D eigenvalue weighted by atomic mass is 10.0. The van der Waals surface area contributed by atoms with Crippen LogP contribution >= 0.6 is 0 Å². The van der Waals surface area contributed by atoms with E-state index in [0.29, 0.717) is 16.8 Å². The number of nitriles is 1. The molecule has 0 aliphatic rings. The number of benzene rings is 1. The highest BCUT2D eigenvalue weighted by atomic mass is 16.3. The number of nitrogen functional groups attached to an aromatic ring is 1. The summed E-state index contributed by atoms with van der Waals surface area (Å²) >= 11 is 0. The zero-order chi connectivity index (χ0) is 18.8. The summed E-state index contributed by atoms with van der Waals surface area (Å²) in [6.45, 7) is 0. The van der Waals surface area contributed by atoms with Crippen molar-refractivity contribution in [2.75, 3.05) is 5.73 Å². The van der Waals surface area contributed by atoms with Crippen molar-refractivity contribution >= 4 is 5.82 Å². The van der Waals surface area contributed by atoms with Crippen LogP contribution in [0.15, 0.2) is 73.2 Å². The van der Waals surface area contributed by atoms with Gasteiger partial charge in [0.1, 0.15) is 23.2 Å². The largest absolute Gasteiger partial charge is 0.508 e. The van der Waals surface area contributed by atoms with Crippen LogP contribution < -0.4 is 5.73 Å². The van der Waals surface area contributed by atoms with Crippen molar-refractivity contribution in [3.05, 3.63) is 78.8 Å². The minimum atomic E-state index is 0.164. The van der Waals surface area contributed by atoms with Gasteiger partial charge in [-0.15, -0.1) is 0 Å². The van der Waals surface area contributed by atoms with Gasteiger partial charge in [0, 0.05) is 23.5 Å². The first-order valence-corrected chi connectivity index (χ1v) is 8.25. The van der Waals surface area contributed by atoms with E-state index in [0.717, 1.165) is 16.9 Å². The number of hydrogen-bond acceptors (Lipinski definition) is 5. The van der Waals surface area contributed by atoms with Gasteiger partial charge in [0.05, 0.1) is 23.3 Å². The summed E-state index contributed by atoms with van der Waals surface area (Å²) in [5, 5.41) is 19.1. The van der Waals surface area contributed by atoms with E-state index in [1.165, 1.54) is 0 Å². The van der Waals surface area contributed by atoms with Crippen LogP contribution in [0.3, 0.4) is 0 Å². The van der Waals surface area contributed by atoms with Crippen molar-refractivity contribution in [1.29, 1.82) is 5.26 Å². The van der Waals surface area contributed by atoms with Crippen molar-refractivity contribution < 1.29 is 5.11 Å². The zero-order valence-corrected chi connectivity index (χ0v) is 14.2. The van der Waals surface area contributed by atoms with Crippen molar-refractivity contribution in [1.82, 2.24) is 14.5 Å². The van der Waals surface area contributed by atoms with Crippen LogP contribution in [0.1, 0.15) is 5.56 Å². The smallest absolute Gasteiger partial charge is 0.142 e. The second-order valence-corrected chi connectivity index (χ2v) is 5.95. The first kappa shape index (κ1) is 16.4. The number of anilines is 1. The van der Waals surface area contributed by atoms with Crippen LogP contribution in [0.4, 0.5) is 5.82 Å². The lowest BCUT2D eigenvalue weighted by molar-refractivity contribution is 0.475. The number of phenolic OH excluding ortho intramolecular Hbond substituents is 1. The molecule has 0 aliphatic carbocycles. The van der Waals surface area contributed by atoms with Gasteiger partial charge in [-0.2, -0.15) is 5.26 Å². The number of aromatic hydroxyl groups is 1. The van der Waals surface area contributed by atoms with Crippen molar-refractivity contribution in [3.8, 4) is 40.0 Å². The number of pyridine rings is 2. The van der Waals surface area contributed by atoms with Crippen LogP contribution in [0.2, 0.25) is 0 Å². The van der Waals surface area contributed by atoms with Gasteiger partial charge in [-0.25, -0.2) is 4.98 Å². The summed E-state index contributed by atoms with van der Waals surface area (Å²) in [4.78, 5) is 8.53. The third-order valence-corrected chi connectivity index (χ3v) is 4.27. The Labute approximate surface area is 155 Å². The highest BCUT2D eigenvalue weighted by molar-refractivity contribution is 5.79. The summed E-state index contributed by atoms with van der Waals surface area (Å²) in [7, 11) is 0. The highest BCUT2D eigenvalue weighted by Gasteiger charge is 2.16. The van der Waals surface area contributed by atoms with Crippen LogP contribution in [0, 0.1) is 11.3 Å². The fourth-order valence-electron chi connectivity index (χ4n) is 2.99. The molecule has 3 N–H and O–H groups in total. The fourth-order valence-corrected chi connectivity index (χ4v) is 2.99. The Balaban J connectivity index is 1.92.